The molecule has 3 heteroatoms. The first-order valence-corrected chi connectivity index (χ1v) is 6.59. The Balaban J connectivity index is 2.22. The molecule has 0 amide bonds. The first kappa shape index (κ1) is 13.7. The van der Waals surface area contributed by atoms with Gasteiger partial charge in [-0.05, 0) is 30.2 Å². The molecule has 19 heavy (non-hydrogen) atoms. The molecule has 0 atom stereocenters. The lowest BCUT2D eigenvalue weighted by atomic mass is 9.86. The average Bonchev–Trinajstić information content (AvgIpc) is 2.39. The van der Waals surface area contributed by atoms with Crippen LogP contribution in [-0.2, 0) is 12.0 Å². The Morgan fingerprint density at radius 2 is 1.63 bits per heavy atom. The number of hydrogen-bond acceptors (Lipinski definition) is 3. The van der Waals surface area contributed by atoms with E-state index in [2.05, 4.69) is 60.6 Å². The molecule has 2 aromatic rings. The van der Waals surface area contributed by atoms with E-state index in [4.69, 9.17) is 0 Å². The van der Waals surface area contributed by atoms with Crippen LogP contribution in [0.15, 0.2) is 36.4 Å². The van der Waals surface area contributed by atoms with Gasteiger partial charge in [0.1, 0.15) is 0 Å². The highest BCUT2D eigenvalue weighted by Crippen LogP contribution is 2.25. The third-order valence-electron chi connectivity index (χ3n) is 3.12. The Labute approximate surface area is 115 Å². The molecule has 0 bridgehead atoms. The van der Waals surface area contributed by atoms with Crippen LogP contribution in [0.5, 0.6) is 0 Å². The lowest BCUT2D eigenvalue weighted by molar-refractivity contribution is 0.590. The van der Waals surface area contributed by atoms with Crippen molar-refractivity contribution in [3.63, 3.8) is 0 Å². The van der Waals surface area contributed by atoms with Crippen molar-refractivity contribution in [1.82, 2.24) is 15.5 Å². The van der Waals surface area contributed by atoms with Crippen molar-refractivity contribution >= 4 is 0 Å². The third kappa shape index (κ3) is 3.38. The summed E-state index contributed by atoms with van der Waals surface area (Å²) in [6, 6.07) is 12.6. The zero-order chi connectivity index (χ0) is 13.9. The Bertz CT molecular complexity index is 521. The maximum atomic E-state index is 4.27. The van der Waals surface area contributed by atoms with Gasteiger partial charge in [0.05, 0.1) is 11.4 Å². The van der Waals surface area contributed by atoms with Gasteiger partial charge in [0, 0.05) is 12.1 Å². The van der Waals surface area contributed by atoms with Crippen LogP contribution < -0.4 is 5.32 Å². The van der Waals surface area contributed by atoms with E-state index in [0.29, 0.717) is 0 Å². The molecule has 0 saturated heterocycles. The van der Waals surface area contributed by atoms with Gasteiger partial charge >= 0.3 is 0 Å². The summed E-state index contributed by atoms with van der Waals surface area (Å²) in [6.45, 7) is 7.40. The summed E-state index contributed by atoms with van der Waals surface area (Å²) in [6.07, 6.45) is 0. The predicted molar refractivity (Wildman–Crippen MR) is 78.9 cm³/mol. The monoisotopic (exact) mass is 255 g/mol. The molecule has 0 radical (unpaired) electrons. The fraction of sp³-hybridized carbons (Fsp3) is 0.375. The van der Waals surface area contributed by atoms with Crippen molar-refractivity contribution in [3.05, 3.63) is 47.7 Å². The van der Waals surface area contributed by atoms with E-state index >= 15 is 0 Å². The van der Waals surface area contributed by atoms with Crippen LogP contribution in [0.2, 0.25) is 0 Å². The van der Waals surface area contributed by atoms with Gasteiger partial charge in [-0.1, -0.05) is 45.0 Å². The Kier molecular flexibility index (Phi) is 3.96. The van der Waals surface area contributed by atoms with Crippen LogP contribution in [0, 0.1) is 0 Å². The standard InChI is InChI=1S/C16H21N3/c1-16(2,3)13-7-5-12(6-8-13)15-10-9-14(11-17-4)18-19-15/h5-10,17H,11H2,1-4H3. The normalized spacial score (nSPS) is 11.6. The van der Waals surface area contributed by atoms with E-state index in [0.717, 1.165) is 23.5 Å². The van der Waals surface area contributed by atoms with Crippen LogP contribution in [0.1, 0.15) is 32.0 Å². The molecule has 2 rings (SSSR count). The van der Waals surface area contributed by atoms with Gasteiger partial charge in [-0.2, -0.15) is 10.2 Å². The highest BCUT2D eigenvalue weighted by molar-refractivity contribution is 5.59. The molecule has 0 fully saturated rings. The van der Waals surface area contributed by atoms with Crippen molar-refractivity contribution < 1.29 is 0 Å². The Morgan fingerprint density at radius 3 is 2.11 bits per heavy atom. The fourth-order valence-electron chi connectivity index (χ4n) is 1.93. The van der Waals surface area contributed by atoms with E-state index in [9.17, 15) is 0 Å². The minimum Gasteiger partial charge on any atom is -0.314 e. The number of nitrogens with zero attached hydrogens (tertiary/aromatic N) is 2. The molecule has 100 valence electrons. The lowest BCUT2D eigenvalue weighted by Gasteiger charge is -2.19. The summed E-state index contributed by atoms with van der Waals surface area (Å²) in [4.78, 5) is 0. The van der Waals surface area contributed by atoms with Gasteiger partial charge in [0.25, 0.3) is 0 Å². The largest absolute Gasteiger partial charge is 0.314 e. The van der Waals surface area contributed by atoms with Crippen LogP contribution in [0.25, 0.3) is 11.3 Å². The Hall–Kier alpha value is -1.74. The van der Waals surface area contributed by atoms with E-state index in [1.165, 1.54) is 5.56 Å². The smallest absolute Gasteiger partial charge is 0.0929 e. The molecule has 0 unspecified atom stereocenters. The summed E-state index contributed by atoms with van der Waals surface area (Å²) < 4.78 is 0. The van der Waals surface area contributed by atoms with Gasteiger partial charge in [-0.25, -0.2) is 0 Å². The Morgan fingerprint density at radius 1 is 0.947 bits per heavy atom. The zero-order valence-corrected chi connectivity index (χ0v) is 12.1. The van der Waals surface area contributed by atoms with Crippen LogP contribution in [-0.4, -0.2) is 17.2 Å². The molecule has 0 aliphatic heterocycles. The van der Waals surface area contributed by atoms with E-state index < -0.39 is 0 Å². The molecule has 0 aliphatic rings. The number of nitrogens with one attached hydrogen (secondary N) is 1. The van der Waals surface area contributed by atoms with Crippen molar-refractivity contribution in [2.45, 2.75) is 32.7 Å². The number of aromatic nitrogens is 2. The molecule has 0 saturated carbocycles. The molecule has 1 aromatic carbocycles. The first-order valence-electron chi connectivity index (χ1n) is 6.59. The van der Waals surface area contributed by atoms with Crippen LogP contribution in [0.3, 0.4) is 0 Å². The predicted octanol–water partition coefficient (Wildman–Crippen LogP) is 3.16. The van der Waals surface area contributed by atoms with E-state index in [-0.39, 0.29) is 5.41 Å². The third-order valence-corrected chi connectivity index (χ3v) is 3.12. The second kappa shape index (κ2) is 5.49. The van der Waals surface area contributed by atoms with Crippen molar-refractivity contribution in [2.24, 2.45) is 0 Å². The molecule has 1 heterocycles. The second-order valence-electron chi connectivity index (χ2n) is 5.77. The highest BCUT2D eigenvalue weighted by Gasteiger charge is 2.13. The lowest BCUT2D eigenvalue weighted by Crippen LogP contribution is -2.10. The fourth-order valence-corrected chi connectivity index (χ4v) is 1.93. The maximum absolute atomic E-state index is 4.27. The number of rotatable bonds is 3. The zero-order valence-electron chi connectivity index (χ0n) is 12.1. The molecule has 0 aliphatic carbocycles. The van der Waals surface area contributed by atoms with Gasteiger partial charge in [0.2, 0.25) is 0 Å². The van der Waals surface area contributed by atoms with E-state index in [1.54, 1.807) is 0 Å². The molecular formula is C16H21N3. The van der Waals surface area contributed by atoms with Gasteiger partial charge < -0.3 is 5.32 Å². The van der Waals surface area contributed by atoms with Crippen molar-refractivity contribution in [2.75, 3.05) is 7.05 Å². The molecular weight excluding hydrogens is 234 g/mol. The van der Waals surface area contributed by atoms with Crippen molar-refractivity contribution in [1.29, 1.82) is 0 Å². The SMILES string of the molecule is CNCc1ccc(-c2ccc(C(C)(C)C)cc2)nn1. The summed E-state index contributed by atoms with van der Waals surface area (Å²) >= 11 is 0. The number of hydrogen-bond donors (Lipinski definition) is 1. The van der Waals surface area contributed by atoms with Gasteiger partial charge in [-0.15, -0.1) is 0 Å². The summed E-state index contributed by atoms with van der Waals surface area (Å²) in [5.74, 6) is 0. The molecule has 1 aromatic heterocycles. The quantitative estimate of drug-likeness (QED) is 0.915. The minimum absolute atomic E-state index is 0.181. The maximum Gasteiger partial charge on any atom is 0.0929 e. The molecule has 1 N–H and O–H groups in total. The van der Waals surface area contributed by atoms with E-state index in [1.807, 2.05) is 19.2 Å². The van der Waals surface area contributed by atoms with Crippen LogP contribution in [0.4, 0.5) is 0 Å². The average molecular weight is 255 g/mol. The van der Waals surface area contributed by atoms with Gasteiger partial charge in [-0.3, -0.25) is 0 Å². The second-order valence-corrected chi connectivity index (χ2v) is 5.77. The summed E-state index contributed by atoms with van der Waals surface area (Å²) in [5.41, 5.74) is 4.49. The van der Waals surface area contributed by atoms with Gasteiger partial charge in [0.15, 0.2) is 0 Å². The first-order chi connectivity index (χ1) is 9.00. The minimum atomic E-state index is 0.181. The molecule has 3 nitrogen and oxygen atoms in total. The number of benzene rings is 1. The molecule has 0 spiro atoms. The highest BCUT2D eigenvalue weighted by atomic mass is 15.1. The topological polar surface area (TPSA) is 37.8 Å². The summed E-state index contributed by atoms with van der Waals surface area (Å²) in [5, 5.41) is 11.5. The summed E-state index contributed by atoms with van der Waals surface area (Å²) in [7, 11) is 1.90. The van der Waals surface area contributed by atoms with Crippen LogP contribution >= 0.6 is 0 Å². The van der Waals surface area contributed by atoms with Crippen molar-refractivity contribution in [3.8, 4) is 11.3 Å².